The monoisotopic (exact) mass is 416 g/mol. The molecule has 0 bridgehead atoms. The molecule has 0 aliphatic heterocycles. The lowest BCUT2D eigenvalue weighted by Gasteiger charge is -2.31. The van der Waals surface area contributed by atoms with Gasteiger partial charge in [0.1, 0.15) is 0 Å². The average molecular weight is 417 g/mol. The third-order valence-electron chi connectivity index (χ3n) is 5.34. The number of nitrogens with zero attached hydrogens (tertiary/aromatic N) is 2. The van der Waals surface area contributed by atoms with Crippen LogP contribution in [-0.4, -0.2) is 62.8 Å². The smallest absolute Gasteiger partial charge is 0.251 e. The minimum Gasteiger partial charge on any atom is -0.368 e. The molecule has 2 rings (SSSR count). The number of aliphatic imine (C=N–C) groups is 1. The van der Waals surface area contributed by atoms with Gasteiger partial charge in [-0.1, -0.05) is 25.0 Å². The zero-order valence-electron chi connectivity index (χ0n) is 18.0. The molecule has 9 nitrogen and oxygen atoms in total. The van der Waals surface area contributed by atoms with Crippen LogP contribution in [0.1, 0.15) is 41.6 Å². The molecule has 1 aliphatic rings. The summed E-state index contributed by atoms with van der Waals surface area (Å²) in [6.07, 6.45) is 3.89. The van der Waals surface area contributed by atoms with E-state index in [-0.39, 0.29) is 23.8 Å². The summed E-state index contributed by atoms with van der Waals surface area (Å²) in [5, 5.41) is 8.99. The predicted molar refractivity (Wildman–Crippen MR) is 116 cm³/mol. The molecule has 9 heteroatoms. The van der Waals surface area contributed by atoms with Crippen molar-refractivity contribution >= 4 is 23.7 Å². The van der Waals surface area contributed by atoms with Crippen LogP contribution in [0.4, 0.5) is 0 Å². The number of carbonyl (C=O) groups is 3. The van der Waals surface area contributed by atoms with Crippen molar-refractivity contribution < 1.29 is 14.4 Å². The third kappa shape index (κ3) is 6.20. The van der Waals surface area contributed by atoms with E-state index in [1.807, 2.05) is 12.1 Å². The van der Waals surface area contributed by atoms with Crippen LogP contribution in [0.5, 0.6) is 0 Å². The number of benzene rings is 1. The first-order valence-corrected chi connectivity index (χ1v) is 10.1. The second-order valence-corrected chi connectivity index (χ2v) is 7.81. The molecule has 164 valence electrons. The minimum absolute atomic E-state index is 0.160. The van der Waals surface area contributed by atoms with Gasteiger partial charge in [-0.25, -0.2) is 0 Å². The Kier molecular flexibility index (Phi) is 8.20. The van der Waals surface area contributed by atoms with Gasteiger partial charge in [0.15, 0.2) is 5.96 Å². The van der Waals surface area contributed by atoms with Crippen LogP contribution in [-0.2, 0) is 16.1 Å². The van der Waals surface area contributed by atoms with Gasteiger partial charge < -0.3 is 26.6 Å². The molecular weight excluding hydrogens is 384 g/mol. The van der Waals surface area contributed by atoms with E-state index in [2.05, 4.69) is 20.9 Å². The summed E-state index contributed by atoms with van der Waals surface area (Å²) >= 11 is 0. The Bertz CT molecular complexity index is 782. The highest BCUT2D eigenvalue weighted by Crippen LogP contribution is 2.38. The van der Waals surface area contributed by atoms with E-state index >= 15 is 0 Å². The highest BCUT2D eigenvalue weighted by atomic mass is 16.2. The lowest BCUT2D eigenvalue weighted by atomic mass is 9.84. The predicted octanol–water partition coefficient (Wildman–Crippen LogP) is 0.215. The molecular formula is C21H32N6O3. The second kappa shape index (κ2) is 10.6. The Labute approximate surface area is 177 Å². The number of nitrogens with one attached hydrogen (secondary N) is 3. The third-order valence-corrected chi connectivity index (χ3v) is 5.34. The minimum atomic E-state index is -0.588. The topological polar surface area (TPSA) is 129 Å². The van der Waals surface area contributed by atoms with Crippen LogP contribution in [0.15, 0.2) is 29.3 Å². The number of rotatable bonds is 8. The van der Waals surface area contributed by atoms with Crippen molar-refractivity contribution in [3.63, 3.8) is 0 Å². The summed E-state index contributed by atoms with van der Waals surface area (Å²) in [4.78, 5) is 41.3. The van der Waals surface area contributed by atoms with E-state index in [1.54, 1.807) is 38.2 Å². The van der Waals surface area contributed by atoms with Gasteiger partial charge in [0, 0.05) is 39.8 Å². The summed E-state index contributed by atoms with van der Waals surface area (Å²) in [7, 11) is 5.29. The van der Waals surface area contributed by atoms with Gasteiger partial charge >= 0.3 is 0 Å². The summed E-state index contributed by atoms with van der Waals surface area (Å²) in [6.45, 7) is 0.863. The summed E-state index contributed by atoms with van der Waals surface area (Å²) in [6, 6.07) is 7.03. The summed E-state index contributed by atoms with van der Waals surface area (Å²) in [5.41, 5.74) is 6.07. The van der Waals surface area contributed by atoms with E-state index in [9.17, 15) is 14.4 Å². The number of carbonyl (C=O) groups excluding carboxylic acids is 3. The lowest BCUT2D eigenvalue weighted by molar-refractivity contribution is -0.138. The molecule has 0 radical (unpaired) electrons. The van der Waals surface area contributed by atoms with Gasteiger partial charge in [-0.3, -0.25) is 19.4 Å². The maximum absolute atomic E-state index is 12.7. The lowest BCUT2D eigenvalue weighted by Crippen LogP contribution is -2.49. The van der Waals surface area contributed by atoms with Crippen LogP contribution in [0, 0.1) is 5.41 Å². The molecule has 1 aromatic rings. The van der Waals surface area contributed by atoms with E-state index in [0.29, 0.717) is 24.6 Å². The Morgan fingerprint density at radius 1 is 1.07 bits per heavy atom. The van der Waals surface area contributed by atoms with Gasteiger partial charge in [-0.15, -0.1) is 0 Å². The Morgan fingerprint density at radius 2 is 1.70 bits per heavy atom. The number of hydrogen-bond acceptors (Lipinski definition) is 4. The first kappa shape index (κ1) is 23.2. The number of guanidine groups is 1. The molecule has 0 spiro atoms. The second-order valence-electron chi connectivity index (χ2n) is 7.81. The normalized spacial score (nSPS) is 15.4. The van der Waals surface area contributed by atoms with E-state index in [0.717, 1.165) is 31.2 Å². The largest absolute Gasteiger partial charge is 0.368 e. The molecule has 5 N–H and O–H groups in total. The van der Waals surface area contributed by atoms with Crippen molar-refractivity contribution in [1.82, 2.24) is 20.9 Å². The van der Waals surface area contributed by atoms with Crippen molar-refractivity contribution in [2.75, 3.05) is 34.2 Å². The molecule has 0 saturated heterocycles. The van der Waals surface area contributed by atoms with Crippen LogP contribution in [0.3, 0.4) is 0 Å². The van der Waals surface area contributed by atoms with E-state index in [1.165, 1.54) is 0 Å². The van der Waals surface area contributed by atoms with Gasteiger partial charge in [0.05, 0.1) is 12.0 Å². The maximum atomic E-state index is 12.7. The maximum Gasteiger partial charge on any atom is 0.251 e. The number of hydrogen-bond donors (Lipinski definition) is 4. The van der Waals surface area contributed by atoms with Gasteiger partial charge in [-0.2, -0.15) is 0 Å². The van der Waals surface area contributed by atoms with Crippen molar-refractivity contribution in [3.05, 3.63) is 35.4 Å². The first-order valence-electron chi connectivity index (χ1n) is 10.1. The molecule has 0 atom stereocenters. The van der Waals surface area contributed by atoms with Crippen LogP contribution >= 0.6 is 0 Å². The van der Waals surface area contributed by atoms with Crippen LogP contribution in [0.2, 0.25) is 0 Å². The van der Waals surface area contributed by atoms with Gasteiger partial charge in [-0.05, 0) is 30.5 Å². The zero-order valence-corrected chi connectivity index (χ0v) is 18.0. The quantitative estimate of drug-likeness (QED) is 0.356. The van der Waals surface area contributed by atoms with E-state index in [4.69, 9.17) is 5.73 Å². The fraction of sp³-hybridized carbons (Fsp3) is 0.524. The standard InChI is InChI=1S/C21H32N6O3/c1-23-20(26-14-21(10-4-5-11-21)19(30)27(2)3)25-12-15-6-8-16(9-7-15)18(29)24-13-17(22)28/h6-9H,4-5,10-14H2,1-3H3,(H2,22,28)(H,24,29)(H2,23,25,26). The number of primary amides is 1. The summed E-state index contributed by atoms with van der Waals surface area (Å²) < 4.78 is 0. The molecule has 1 saturated carbocycles. The summed E-state index contributed by atoms with van der Waals surface area (Å²) in [5.74, 6) is -0.155. The van der Waals surface area contributed by atoms with Crippen molar-refractivity contribution in [3.8, 4) is 0 Å². The van der Waals surface area contributed by atoms with E-state index < -0.39 is 5.91 Å². The fourth-order valence-electron chi connectivity index (χ4n) is 3.70. The van der Waals surface area contributed by atoms with Crippen molar-refractivity contribution in [2.24, 2.45) is 16.1 Å². The Hall–Kier alpha value is -3.10. The molecule has 1 fully saturated rings. The van der Waals surface area contributed by atoms with Crippen LogP contribution in [0.25, 0.3) is 0 Å². The molecule has 1 aromatic carbocycles. The number of nitrogens with two attached hydrogens (primary N) is 1. The molecule has 30 heavy (non-hydrogen) atoms. The van der Waals surface area contributed by atoms with Crippen molar-refractivity contribution in [1.29, 1.82) is 0 Å². The fourth-order valence-corrected chi connectivity index (χ4v) is 3.70. The first-order chi connectivity index (χ1) is 14.3. The Morgan fingerprint density at radius 3 is 2.23 bits per heavy atom. The van der Waals surface area contributed by atoms with Gasteiger partial charge in [0.25, 0.3) is 5.91 Å². The SMILES string of the molecule is CN=C(NCc1ccc(C(=O)NCC(N)=O)cc1)NCC1(C(=O)N(C)C)CCCC1. The molecule has 0 aromatic heterocycles. The highest BCUT2D eigenvalue weighted by Gasteiger charge is 2.42. The molecule has 1 aliphatic carbocycles. The zero-order chi connectivity index (χ0) is 22.1. The molecule has 3 amide bonds. The average Bonchev–Trinajstić information content (AvgIpc) is 3.22. The van der Waals surface area contributed by atoms with Crippen LogP contribution < -0.4 is 21.7 Å². The highest BCUT2D eigenvalue weighted by molar-refractivity contribution is 5.96. The molecule has 0 heterocycles. The molecule has 0 unspecified atom stereocenters. The van der Waals surface area contributed by atoms with Crippen molar-refractivity contribution in [2.45, 2.75) is 32.2 Å². The Balaban J connectivity index is 1.89. The van der Waals surface area contributed by atoms with Gasteiger partial charge in [0.2, 0.25) is 11.8 Å². The number of amides is 3.